The summed E-state index contributed by atoms with van der Waals surface area (Å²) in [5.74, 6) is 0.461. The molecule has 0 saturated carbocycles. The maximum atomic E-state index is 12.3. The molecule has 2 aromatic carbocycles. The van der Waals surface area contributed by atoms with Crippen LogP contribution in [0.1, 0.15) is 35.7 Å². The molecule has 0 amide bonds. The first-order valence-corrected chi connectivity index (χ1v) is 10.3. The summed E-state index contributed by atoms with van der Waals surface area (Å²) in [6.45, 7) is 2.81. The van der Waals surface area contributed by atoms with Gasteiger partial charge in [0.25, 0.3) is 0 Å². The van der Waals surface area contributed by atoms with E-state index in [1.165, 1.54) is 17.2 Å². The van der Waals surface area contributed by atoms with Crippen molar-refractivity contribution in [3.63, 3.8) is 0 Å². The van der Waals surface area contributed by atoms with Crippen LogP contribution in [0.4, 0.5) is 0 Å². The summed E-state index contributed by atoms with van der Waals surface area (Å²) in [5, 5.41) is 10.7. The highest BCUT2D eigenvalue weighted by Gasteiger charge is 2.35. The number of aryl methyl sites for hydroxylation is 1. The number of pyridine rings is 1. The van der Waals surface area contributed by atoms with E-state index in [4.69, 9.17) is 0 Å². The average molecular weight is 397 g/mol. The summed E-state index contributed by atoms with van der Waals surface area (Å²) in [5.41, 5.74) is 3.59. The molecule has 1 atom stereocenters. The van der Waals surface area contributed by atoms with Gasteiger partial charge in [0.15, 0.2) is 11.6 Å². The number of hydrogen-bond donors (Lipinski definition) is 1. The van der Waals surface area contributed by atoms with Crippen LogP contribution in [0.3, 0.4) is 0 Å². The van der Waals surface area contributed by atoms with Crippen molar-refractivity contribution in [1.82, 2.24) is 14.1 Å². The Bertz CT molecular complexity index is 1200. The van der Waals surface area contributed by atoms with Crippen LogP contribution in [-0.4, -0.2) is 19.2 Å². The molecule has 1 N–H and O–H groups in total. The third-order valence-corrected chi connectivity index (χ3v) is 6.04. The lowest BCUT2D eigenvalue weighted by Gasteiger charge is -2.36. The van der Waals surface area contributed by atoms with Crippen LogP contribution >= 0.6 is 0 Å². The maximum Gasteiger partial charge on any atom is 0.223 e. The predicted octanol–water partition coefficient (Wildman–Crippen LogP) is 4.37. The van der Waals surface area contributed by atoms with E-state index in [2.05, 4.69) is 65.0 Å². The number of nitrogens with zero attached hydrogens (tertiary/aromatic N) is 3. The summed E-state index contributed by atoms with van der Waals surface area (Å²) in [7, 11) is 0. The number of benzene rings is 2. The smallest absolute Gasteiger partial charge is 0.223 e. The maximum absolute atomic E-state index is 12.3. The zero-order valence-electron chi connectivity index (χ0n) is 16.8. The van der Waals surface area contributed by atoms with E-state index in [-0.39, 0.29) is 23.1 Å². The van der Waals surface area contributed by atoms with Gasteiger partial charge in [0.2, 0.25) is 5.43 Å². The summed E-state index contributed by atoms with van der Waals surface area (Å²) in [6, 6.07) is 22.2. The van der Waals surface area contributed by atoms with Crippen molar-refractivity contribution < 1.29 is 5.11 Å². The summed E-state index contributed by atoms with van der Waals surface area (Å²) in [4.78, 5) is 16.8. The molecule has 0 radical (unpaired) electrons. The molecule has 0 spiro atoms. The van der Waals surface area contributed by atoms with Crippen LogP contribution < -0.4 is 5.43 Å². The number of hydrogen-bond acceptors (Lipinski definition) is 3. The molecule has 0 unspecified atom stereocenters. The second-order valence-electron chi connectivity index (χ2n) is 7.69. The van der Waals surface area contributed by atoms with Crippen molar-refractivity contribution in [2.75, 3.05) is 0 Å². The third-order valence-electron chi connectivity index (χ3n) is 6.04. The molecule has 1 aliphatic rings. The minimum Gasteiger partial charge on any atom is -0.503 e. The first-order chi connectivity index (χ1) is 14.7. The second kappa shape index (κ2) is 7.34. The Kier molecular flexibility index (Phi) is 4.51. The predicted molar refractivity (Wildman–Crippen MR) is 117 cm³/mol. The Morgan fingerprint density at radius 1 is 1.03 bits per heavy atom. The molecule has 0 fully saturated rings. The van der Waals surface area contributed by atoms with Gasteiger partial charge in [-0.25, -0.2) is 4.98 Å². The Morgan fingerprint density at radius 2 is 1.67 bits per heavy atom. The van der Waals surface area contributed by atoms with Crippen LogP contribution in [0.2, 0.25) is 0 Å². The van der Waals surface area contributed by atoms with Crippen LogP contribution in [0.25, 0.3) is 11.5 Å². The molecule has 30 heavy (non-hydrogen) atoms. The molecule has 2 aromatic heterocycles. The normalized spacial score (nSPS) is 15.1. The lowest BCUT2D eigenvalue weighted by molar-refractivity contribution is 0.360. The highest BCUT2D eigenvalue weighted by atomic mass is 16.3. The molecule has 1 aliphatic heterocycles. The summed E-state index contributed by atoms with van der Waals surface area (Å²) < 4.78 is 4.18. The number of fused-ring (bicyclic) bond motifs is 3. The number of rotatable bonds is 4. The van der Waals surface area contributed by atoms with Crippen LogP contribution in [-0.2, 0) is 13.0 Å². The standard InChI is InChI=1S/C25H23N3O2/c1-2-19-15-26-25-23-24(30)21(29)13-14-27(23)20(16-28(19)25)22(17-9-5-3-6-10-17)18-11-7-4-8-12-18/h3-15,20,22,30H,2,16H2,1H3/t20-/m1/s1. The fraction of sp³-hybridized carbons (Fsp3) is 0.200. The summed E-state index contributed by atoms with van der Waals surface area (Å²) in [6.07, 6.45) is 4.47. The van der Waals surface area contributed by atoms with E-state index in [1.807, 2.05) is 22.9 Å². The van der Waals surface area contributed by atoms with Crippen LogP contribution in [0, 0.1) is 0 Å². The van der Waals surface area contributed by atoms with Crippen molar-refractivity contribution >= 4 is 0 Å². The number of aromatic nitrogens is 3. The van der Waals surface area contributed by atoms with Gasteiger partial charge >= 0.3 is 0 Å². The molecule has 3 heterocycles. The molecule has 5 rings (SSSR count). The number of imidazole rings is 1. The zero-order chi connectivity index (χ0) is 20.7. The number of aromatic hydroxyl groups is 1. The van der Waals surface area contributed by atoms with E-state index in [9.17, 15) is 9.90 Å². The Hall–Kier alpha value is -3.60. The Balaban J connectivity index is 1.77. The average Bonchev–Trinajstić information content (AvgIpc) is 3.20. The van der Waals surface area contributed by atoms with Gasteiger partial charge in [-0.1, -0.05) is 67.6 Å². The van der Waals surface area contributed by atoms with Crippen LogP contribution in [0.5, 0.6) is 5.75 Å². The topological polar surface area (TPSA) is 60.0 Å². The van der Waals surface area contributed by atoms with Gasteiger partial charge in [0.05, 0.1) is 6.04 Å². The Labute approximate surface area is 174 Å². The second-order valence-corrected chi connectivity index (χ2v) is 7.69. The van der Waals surface area contributed by atoms with E-state index in [0.29, 0.717) is 18.1 Å². The van der Waals surface area contributed by atoms with E-state index in [0.717, 1.165) is 12.1 Å². The molecular weight excluding hydrogens is 374 g/mol. The van der Waals surface area contributed by atoms with Gasteiger partial charge in [-0.15, -0.1) is 0 Å². The first-order valence-electron chi connectivity index (χ1n) is 10.3. The van der Waals surface area contributed by atoms with Crippen molar-refractivity contribution in [3.05, 3.63) is 106 Å². The largest absolute Gasteiger partial charge is 0.503 e. The van der Waals surface area contributed by atoms with Gasteiger partial charge in [0, 0.05) is 36.6 Å². The van der Waals surface area contributed by atoms with E-state index >= 15 is 0 Å². The third kappa shape index (κ3) is 2.86. The molecule has 5 nitrogen and oxygen atoms in total. The molecule has 5 heteroatoms. The highest BCUT2D eigenvalue weighted by molar-refractivity contribution is 5.62. The molecule has 0 saturated heterocycles. The monoisotopic (exact) mass is 397 g/mol. The van der Waals surface area contributed by atoms with Gasteiger partial charge in [0.1, 0.15) is 5.69 Å². The van der Waals surface area contributed by atoms with E-state index in [1.54, 1.807) is 6.20 Å². The molecule has 4 aromatic rings. The summed E-state index contributed by atoms with van der Waals surface area (Å²) >= 11 is 0. The lowest BCUT2D eigenvalue weighted by atomic mass is 9.83. The van der Waals surface area contributed by atoms with Crippen molar-refractivity contribution in [3.8, 4) is 17.3 Å². The minimum atomic E-state index is -0.384. The van der Waals surface area contributed by atoms with Gasteiger partial charge < -0.3 is 14.2 Å². The Morgan fingerprint density at radius 3 is 2.27 bits per heavy atom. The first kappa shape index (κ1) is 18.4. The lowest BCUT2D eigenvalue weighted by Crippen LogP contribution is -2.31. The van der Waals surface area contributed by atoms with Crippen molar-refractivity contribution in [2.45, 2.75) is 31.8 Å². The quantitative estimate of drug-likeness (QED) is 0.556. The fourth-order valence-corrected chi connectivity index (χ4v) is 4.62. The fourth-order valence-electron chi connectivity index (χ4n) is 4.62. The zero-order valence-corrected chi connectivity index (χ0v) is 16.8. The van der Waals surface area contributed by atoms with Crippen molar-refractivity contribution in [2.24, 2.45) is 0 Å². The highest BCUT2D eigenvalue weighted by Crippen LogP contribution is 2.43. The molecule has 0 aliphatic carbocycles. The molecule has 150 valence electrons. The molecule has 0 bridgehead atoms. The van der Waals surface area contributed by atoms with Crippen molar-refractivity contribution in [1.29, 1.82) is 0 Å². The van der Waals surface area contributed by atoms with Gasteiger partial charge in [-0.2, -0.15) is 0 Å². The minimum absolute atomic E-state index is 0.0247. The van der Waals surface area contributed by atoms with Gasteiger partial charge in [-0.05, 0) is 17.5 Å². The molecular formula is C25H23N3O2. The van der Waals surface area contributed by atoms with Crippen LogP contribution in [0.15, 0.2) is 83.9 Å². The van der Waals surface area contributed by atoms with Gasteiger partial charge in [-0.3, -0.25) is 4.79 Å². The SMILES string of the molecule is CCc1cnc2n1C[C@H](C(c1ccccc1)c1ccccc1)n1ccc(=O)c(O)c1-2. The van der Waals surface area contributed by atoms with E-state index < -0.39 is 0 Å².